The minimum absolute atomic E-state index is 0. The second-order valence-electron chi connectivity index (χ2n) is 0.399. The Morgan fingerprint density at radius 2 is 1.43 bits per heavy atom. The van der Waals surface area contributed by atoms with Gasteiger partial charge in [0.05, 0.1) is 0 Å². The van der Waals surface area contributed by atoms with Gasteiger partial charge in [0, 0.05) is 0 Å². The zero-order chi connectivity index (χ0) is 4.28. The lowest BCUT2D eigenvalue weighted by atomic mass is 11.1. The Bertz CT molecular complexity index is 47.7. The predicted molar refractivity (Wildman–Crippen MR) is 11.4 cm³/mol. The fourth-order valence-electron chi connectivity index (χ4n) is 0. The highest BCUT2D eigenvalue weighted by Crippen LogP contribution is 1.93. The van der Waals surface area contributed by atoms with Crippen LogP contribution < -0.4 is 17.1 Å². The number of hydrogen-bond acceptors (Lipinski definition) is 0. The largest absolute Gasteiger partial charge is 1.00 e. The van der Waals surface area contributed by atoms with Crippen LogP contribution in [0.3, 0.4) is 0 Å². The van der Waals surface area contributed by atoms with Crippen LogP contribution in [0.2, 0.25) is 0 Å². The number of hydrogen-bond donors (Lipinski definition) is 0. The van der Waals surface area contributed by atoms with E-state index in [-0.39, 0.29) is 17.1 Å². The van der Waals surface area contributed by atoms with E-state index in [4.69, 9.17) is 0 Å². The molecule has 0 bridgehead atoms. The maximum atomic E-state index is 10.2. The summed E-state index contributed by atoms with van der Waals surface area (Å²) in [5.74, 6) is 0. The summed E-state index contributed by atoms with van der Waals surface area (Å²) < 4.78 is 30.7. The first kappa shape index (κ1) is 15.9. The summed E-state index contributed by atoms with van der Waals surface area (Å²) in [7, 11) is 0. The van der Waals surface area contributed by atoms with Gasteiger partial charge < -0.3 is 17.1 Å². The van der Waals surface area contributed by atoms with Gasteiger partial charge in [-0.25, -0.2) is 4.39 Å². The Labute approximate surface area is 43.8 Å². The molecule has 0 saturated carbocycles. The molecule has 0 nitrogen and oxygen atoms in total. The molecule has 0 aromatic carbocycles. The van der Waals surface area contributed by atoms with Crippen LogP contribution in [-0.2, 0) is 0 Å². The van der Waals surface area contributed by atoms with Gasteiger partial charge in [-0.1, -0.05) is 0 Å². The maximum absolute atomic E-state index is 10.2. The molecular weight excluding hydrogens is 135 g/mol. The van der Waals surface area contributed by atoms with Crippen LogP contribution >= 0.6 is 0 Å². The van der Waals surface area contributed by atoms with Crippen LogP contribution in [0.25, 0.3) is 0 Å². The molecule has 0 spiro atoms. The summed E-state index contributed by atoms with van der Waals surface area (Å²) in [6, 6.07) is 0. The van der Waals surface area contributed by atoms with Crippen molar-refractivity contribution in [2.45, 2.75) is 0 Å². The van der Waals surface area contributed by atoms with Crippen LogP contribution in [-0.4, -0.2) is 0 Å². The average molecular weight is 136 g/mol. The summed E-state index contributed by atoms with van der Waals surface area (Å²) in [5.41, 5.74) is 0. The second kappa shape index (κ2) is 9.23. The van der Waals surface area contributed by atoms with Gasteiger partial charge >= 0.3 is 0 Å². The SMILES string of the molecule is FC=C(F)F.[Cl-].[F-]. The zero-order valence-electron chi connectivity index (χ0n) is 2.97. The Morgan fingerprint density at radius 3 is 1.43 bits per heavy atom. The van der Waals surface area contributed by atoms with Crippen molar-refractivity contribution < 1.29 is 30.3 Å². The molecule has 0 saturated heterocycles. The van der Waals surface area contributed by atoms with Crippen molar-refractivity contribution >= 4 is 0 Å². The molecule has 0 radical (unpaired) electrons. The quantitative estimate of drug-likeness (QED) is 0.296. The van der Waals surface area contributed by atoms with Gasteiger partial charge in [0.2, 0.25) is 0 Å². The number of rotatable bonds is 0. The van der Waals surface area contributed by atoms with Crippen molar-refractivity contribution in [2.75, 3.05) is 0 Å². The monoisotopic (exact) mass is 136 g/mol. The van der Waals surface area contributed by atoms with Gasteiger partial charge in [-0.3, -0.25) is 0 Å². The molecule has 7 heavy (non-hydrogen) atoms. The highest BCUT2D eigenvalue weighted by molar-refractivity contribution is 4.66. The van der Waals surface area contributed by atoms with Crippen LogP contribution in [0.1, 0.15) is 0 Å². The topological polar surface area (TPSA) is 0 Å². The molecule has 0 aromatic rings. The zero-order valence-corrected chi connectivity index (χ0v) is 3.72. The third-order valence-electron chi connectivity index (χ3n) is 0.0825. The van der Waals surface area contributed by atoms with Gasteiger partial charge in [-0.15, -0.1) is 0 Å². The van der Waals surface area contributed by atoms with E-state index in [9.17, 15) is 13.2 Å². The molecule has 5 heteroatoms. The van der Waals surface area contributed by atoms with E-state index in [1.165, 1.54) is 0 Å². The van der Waals surface area contributed by atoms with Crippen LogP contribution in [0, 0.1) is 0 Å². The molecule has 0 aliphatic carbocycles. The molecule has 0 heterocycles. The molecule has 0 N–H and O–H groups in total. The lowest BCUT2D eigenvalue weighted by molar-refractivity contribution is -0.001000. The van der Waals surface area contributed by atoms with E-state index < -0.39 is 12.4 Å². The Kier molecular flexibility index (Phi) is 20.9. The molecule has 46 valence electrons. The Hall–Kier alpha value is -0.250. The summed E-state index contributed by atoms with van der Waals surface area (Å²) in [6.45, 7) is 0. The first-order valence-electron chi connectivity index (χ1n) is 0.885. The van der Waals surface area contributed by atoms with E-state index in [0.29, 0.717) is 0 Å². The molecule has 0 unspecified atom stereocenters. The van der Waals surface area contributed by atoms with Crippen molar-refractivity contribution in [3.05, 3.63) is 12.4 Å². The highest BCUT2D eigenvalue weighted by Gasteiger charge is 1.78. The molecule has 0 rings (SSSR count). The lowest BCUT2D eigenvalue weighted by Gasteiger charge is -1.59. The fraction of sp³-hybridized carbons (Fsp3) is 0. The van der Waals surface area contributed by atoms with Crippen molar-refractivity contribution in [3.8, 4) is 0 Å². The molecule has 0 fully saturated rings. The molecular formula is C2HClF4-2. The second-order valence-corrected chi connectivity index (χ2v) is 0.399. The molecule has 0 aliphatic heterocycles. The predicted octanol–water partition coefficient (Wildman–Crippen LogP) is -4.30. The first-order valence-corrected chi connectivity index (χ1v) is 0.885. The Balaban J connectivity index is -0.0000000800. The van der Waals surface area contributed by atoms with Crippen LogP contribution in [0.4, 0.5) is 13.2 Å². The van der Waals surface area contributed by atoms with Gasteiger partial charge in [-0.2, -0.15) is 8.78 Å². The van der Waals surface area contributed by atoms with E-state index in [1.54, 1.807) is 0 Å². The minimum Gasteiger partial charge on any atom is -1.00 e. The van der Waals surface area contributed by atoms with Gasteiger partial charge in [-0.05, 0) is 0 Å². The van der Waals surface area contributed by atoms with Gasteiger partial charge in [0.1, 0.15) is 0 Å². The van der Waals surface area contributed by atoms with Crippen molar-refractivity contribution in [1.29, 1.82) is 0 Å². The van der Waals surface area contributed by atoms with Crippen molar-refractivity contribution in [2.24, 2.45) is 0 Å². The van der Waals surface area contributed by atoms with E-state index in [0.717, 1.165) is 0 Å². The lowest BCUT2D eigenvalue weighted by Crippen LogP contribution is -3.00. The molecule has 0 aliphatic rings. The average Bonchev–Trinajstić information content (AvgIpc) is 1.38. The van der Waals surface area contributed by atoms with E-state index in [2.05, 4.69) is 0 Å². The summed E-state index contributed by atoms with van der Waals surface area (Å²) in [5, 5.41) is 0. The van der Waals surface area contributed by atoms with E-state index >= 15 is 0 Å². The summed E-state index contributed by atoms with van der Waals surface area (Å²) in [6.07, 6.45) is -3.04. The van der Waals surface area contributed by atoms with Gasteiger partial charge in [0.25, 0.3) is 6.08 Å². The Morgan fingerprint density at radius 1 is 1.29 bits per heavy atom. The third kappa shape index (κ3) is 26.4. The highest BCUT2D eigenvalue weighted by atomic mass is 35.5. The molecule has 0 atom stereocenters. The smallest absolute Gasteiger partial charge is 0.298 e. The third-order valence-corrected chi connectivity index (χ3v) is 0.0825. The van der Waals surface area contributed by atoms with Crippen LogP contribution in [0.5, 0.6) is 0 Å². The summed E-state index contributed by atoms with van der Waals surface area (Å²) in [4.78, 5) is 0. The van der Waals surface area contributed by atoms with Crippen molar-refractivity contribution in [1.82, 2.24) is 0 Å². The maximum Gasteiger partial charge on any atom is 0.298 e. The van der Waals surface area contributed by atoms with Crippen molar-refractivity contribution in [3.63, 3.8) is 0 Å². The normalized spacial score (nSPS) is 5.00. The first-order chi connectivity index (χ1) is 2.27. The molecule has 0 aromatic heterocycles. The molecule has 0 amide bonds. The van der Waals surface area contributed by atoms with Gasteiger partial charge in [0.15, 0.2) is 6.33 Å². The summed E-state index contributed by atoms with van der Waals surface area (Å²) >= 11 is 0. The van der Waals surface area contributed by atoms with E-state index in [1.807, 2.05) is 0 Å². The standard InChI is InChI=1S/C2HF3.ClH.FH/c3-1-2(4)5;;/h1H;2*1H/p-2. The van der Waals surface area contributed by atoms with Crippen LogP contribution in [0.15, 0.2) is 12.4 Å². The number of halogens is 5. The minimum atomic E-state index is -2.29. The fourth-order valence-corrected chi connectivity index (χ4v) is 0.